The van der Waals surface area contributed by atoms with Crippen molar-refractivity contribution in [2.45, 2.75) is 35.1 Å². The third kappa shape index (κ3) is 47.7. The van der Waals surface area contributed by atoms with Crippen molar-refractivity contribution in [3.05, 3.63) is 93.5 Å². The Kier molecular flexibility index (Phi) is 53.2. The molecule has 0 N–H and O–H groups in total. The third-order valence-electron chi connectivity index (χ3n) is 3.24. The first-order chi connectivity index (χ1) is 16.7. The molecule has 0 aliphatic heterocycles. The van der Waals surface area contributed by atoms with Crippen molar-refractivity contribution in [2.24, 2.45) is 7.05 Å². The quantitative estimate of drug-likeness (QED) is 0.338. The number of imidazole rings is 1. The van der Waals surface area contributed by atoms with Crippen molar-refractivity contribution in [1.29, 1.82) is 0 Å². The molecular formula is C30H58N6V. The summed E-state index contributed by atoms with van der Waals surface area (Å²) in [5.41, 5.74) is 1.25. The minimum absolute atomic E-state index is 0. The molecule has 3 aromatic rings. The summed E-state index contributed by atoms with van der Waals surface area (Å²) in [5, 5.41) is 0. The molecule has 0 saturated carbocycles. The molecule has 0 unspecified atom stereocenters. The summed E-state index contributed by atoms with van der Waals surface area (Å²) in [6.07, 6.45) is 8.89. The Morgan fingerprint density at radius 1 is 0.703 bits per heavy atom. The number of anilines is 1. The normalized spacial score (nSPS) is 7.86. The van der Waals surface area contributed by atoms with Crippen LogP contribution in [-0.4, -0.2) is 79.7 Å². The zero-order valence-corrected chi connectivity index (χ0v) is 26.4. The molecule has 213 valence electrons. The summed E-state index contributed by atoms with van der Waals surface area (Å²) in [5.74, 6) is 0. The molecule has 1 aromatic carbocycles. The van der Waals surface area contributed by atoms with Gasteiger partial charge < -0.3 is 33.1 Å². The van der Waals surface area contributed by atoms with Crippen molar-refractivity contribution in [3.63, 3.8) is 0 Å². The molecule has 3 rings (SSSR count). The minimum Gasteiger partial charge on any atom is -0.378 e. The monoisotopic (exact) mass is 553 g/mol. The molecule has 0 aliphatic rings. The molecule has 7 heteroatoms. The number of hydrogen-bond acceptors (Lipinski definition) is 5. The second-order valence-corrected chi connectivity index (χ2v) is 7.13. The molecule has 6 nitrogen and oxygen atoms in total. The summed E-state index contributed by atoms with van der Waals surface area (Å²) in [4.78, 5) is 13.7. The number of benzene rings is 1. The van der Waals surface area contributed by atoms with E-state index in [1.165, 1.54) is 5.69 Å². The van der Waals surface area contributed by atoms with E-state index >= 15 is 0 Å². The summed E-state index contributed by atoms with van der Waals surface area (Å²) in [6.45, 7) is 17.0. The van der Waals surface area contributed by atoms with Gasteiger partial charge in [-0.15, -0.1) is 13.1 Å². The van der Waals surface area contributed by atoms with Crippen molar-refractivity contribution >= 4 is 5.69 Å². The van der Waals surface area contributed by atoms with Gasteiger partial charge in [0.05, 0.1) is 6.33 Å². The minimum atomic E-state index is 0. The van der Waals surface area contributed by atoms with Crippen LogP contribution in [0.1, 0.15) is 35.1 Å². The van der Waals surface area contributed by atoms with Gasteiger partial charge in [0.2, 0.25) is 0 Å². The molecule has 37 heavy (non-hydrogen) atoms. The number of para-hydroxylation sites is 1. The zero-order valence-electron chi connectivity index (χ0n) is 25.0. The van der Waals surface area contributed by atoms with E-state index in [0.29, 0.717) is 0 Å². The second-order valence-electron chi connectivity index (χ2n) is 7.13. The fourth-order valence-electron chi connectivity index (χ4n) is 1.48. The molecule has 0 atom stereocenters. The van der Waals surface area contributed by atoms with Crippen molar-refractivity contribution in [1.82, 2.24) is 24.3 Å². The van der Waals surface area contributed by atoms with E-state index in [0.717, 1.165) is 13.1 Å². The van der Waals surface area contributed by atoms with Gasteiger partial charge in [0, 0.05) is 51.6 Å². The fourth-order valence-corrected chi connectivity index (χ4v) is 1.48. The van der Waals surface area contributed by atoms with E-state index in [9.17, 15) is 0 Å². The predicted octanol–water partition coefficient (Wildman–Crippen LogP) is 6.70. The standard InChI is InChI=1S/C8H11N.C5H5N.C5H11N.C4H6N2.C3H9N.2C2H6.CH4.V/c1-9(2)8-6-4-3-5-7-8;1-2-4-6-5-3-1;1-4-6(3)5-2;1-6-3-2-5-4-6;1-4(2)3;2*1-2;;/h3-7H,1-2H3;1-5H;1-2,4-5H2,3H3;2-4H,1H3;1-3H3;2*1-2H3;1H4;/q;;-2;;;;;;+2. The van der Waals surface area contributed by atoms with E-state index in [1.54, 1.807) is 24.9 Å². The molecule has 0 saturated heterocycles. The van der Waals surface area contributed by atoms with Crippen LogP contribution in [-0.2, 0) is 25.6 Å². The van der Waals surface area contributed by atoms with Crippen LogP contribution in [0.25, 0.3) is 0 Å². The SMILES string of the molecule is C.CC.CC.CN(C)C.CN(C)c1ccccc1.Cn1ccnc1.[CH2-]CN(C)C[CH2-].[V+2].c1ccncc1. The van der Waals surface area contributed by atoms with Gasteiger partial charge >= 0.3 is 18.6 Å². The first-order valence-electron chi connectivity index (χ1n) is 12.1. The average molecular weight is 554 g/mol. The summed E-state index contributed by atoms with van der Waals surface area (Å²) < 4.78 is 1.89. The van der Waals surface area contributed by atoms with Crippen LogP contribution >= 0.6 is 0 Å². The molecule has 0 fully saturated rings. The third-order valence-corrected chi connectivity index (χ3v) is 3.24. The topological polar surface area (TPSA) is 40.4 Å². The molecule has 0 spiro atoms. The van der Waals surface area contributed by atoms with Crippen LogP contribution in [0.2, 0.25) is 0 Å². The van der Waals surface area contributed by atoms with E-state index in [2.05, 4.69) is 40.8 Å². The van der Waals surface area contributed by atoms with Crippen LogP contribution < -0.4 is 4.90 Å². The molecule has 1 radical (unpaired) electrons. The van der Waals surface area contributed by atoms with Crippen LogP contribution in [0.3, 0.4) is 0 Å². The second kappa shape index (κ2) is 41.0. The Balaban J connectivity index is -0.0000000789. The summed E-state index contributed by atoms with van der Waals surface area (Å²) in [6, 6.07) is 16.0. The van der Waals surface area contributed by atoms with Gasteiger partial charge in [0.15, 0.2) is 0 Å². The van der Waals surface area contributed by atoms with Gasteiger partial charge in [-0.25, -0.2) is 4.98 Å². The van der Waals surface area contributed by atoms with Crippen molar-refractivity contribution in [2.75, 3.05) is 60.3 Å². The maximum Gasteiger partial charge on any atom is 2.00 e. The largest absolute Gasteiger partial charge is 2.00 e. The Bertz CT molecular complexity index is 644. The van der Waals surface area contributed by atoms with E-state index < -0.39 is 0 Å². The maximum absolute atomic E-state index is 3.78. The Morgan fingerprint density at radius 3 is 1.24 bits per heavy atom. The van der Waals surface area contributed by atoms with E-state index in [1.807, 2.05) is 134 Å². The molecule has 2 aromatic heterocycles. The van der Waals surface area contributed by atoms with Crippen LogP contribution in [0, 0.1) is 13.8 Å². The number of rotatable bonds is 3. The number of pyridine rings is 1. The molecular weight excluding hydrogens is 495 g/mol. The Labute approximate surface area is 244 Å². The van der Waals surface area contributed by atoms with E-state index in [4.69, 9.17) is 0 Å². The first kappa shape index (κ1) is 48.0. The summed E-state index contributed by atoms with van der Waals surface area (Å²) in [7, 11) is 14.0. The Morgan fingerprint density at radius 2 is 1.11 bits per heavy atom. The number of aromatic nitrogens is 3. The number of aryl methyl sites for hydroxylation is 1. The van der Waals surface area contributed by atoms with Crippen LogP contribution in [0.15, 0.2) is 79.6 Å². The summed E-state index contributed by atoms with van der Waals surface area (Å²) >= 11 is 0. The number of nitrogens with zero attached hydrogens (tertiary/aromatic N) is 6. The zero-order chi connectivity index (χ0) is 27.9. The maximum atomic E-state index is 3.78. The van der Waals surface area contributed by atoms with Gasteiger partial charge in [-0.3, -0.25) is 4.98 Å². The van der Waals surface area contributed by atoms with Gasteiger partial charge in [-0.05, 0) is 52.5 Å². The van der Waals surface area contributed by atoms with Crippen molar-refractivity contribution < 1.29 is 18.6 Å². The Hall–Kier alpha value is -2.12. The molecule has 0 amide bonds. The van der Waals surface area contributed by atoms with E-state index in [-0.39, 0.29) is 26.0 Å². The van der Waals surface area contributed by atoms with Gasteiger partial charge in [0.25, 0.3) is 0 Å². The number of hydrogen-bond donors (Lipinski definition) is 0. The van der Waals surface area contributed by atoms with Gasteiger partial charge in [-0.2, -0.15) is 0 Å². The predicted molar refractivity (Wildman–Crippen MR) is 165 cm³/mol. The molecule has 0 aliphatic carbocycles. The molecule has 2 heterocycles. The smallest absolute Gasteiger partial charge is 0.378 e. The van der Waals surface area contributed by atoms with Crippen LogP contribution in [0.5, 0.6) is 0 Å². The van der Waals surface area contributed by atoms with Crippen molar-refractivity contribution in [3.8, 4) is 0 Å². The van der Waals surface area contributed by atoms with Gasteiger partial charge in [-0.1, -0.05) is 59.4 Å². The van der Waals surface area contributed by atoms with Crippen LogP contribution in [0.4, 0.5) is 5.69 Å². The average Bonchev–Trinajstić information content (AvgIpc) is 3.39. The molecule has 0 bridgehead atoms. The first-order valence-corrected chi connectivity index (χ1v) is 12.1. The van der Waals surface area contributed by atoms with Gasteiger partial charge in [0.1, 0.15) is 0 Å². The fraction of sp³-hybridized carbons (Fsp3) is 0.467.